The van der Waals surface area contributed by atoms with Gasteiger partial charge in [-0.3, -0.25) is 4.90 Å². The number of hydrogen-bond acceptors (Lipinski definition) is 5. The SMILES string of the molecule is Fc1cc(F)c(OCCCN2CCN(C3=COC(C4=CC=CCC4)=CO3)CC2)c(Br)c1. The summed E-state index contributed by atoms with van der Waals surface area (Å²) in [5, 5.41) is 0. The Balaban J connectivity index is 1.17. The van der Waals surface area contributed by atoms with E-state index in [1.54, 1.807) is 12.5 Å². The molecular weight excluding hydrogens is 470 g/mol. The summed E-state index contributed by atoms with van der Waals surface area (Å²) in [6.45, 7) is 4.66. The van der Waals surface area contributed by atoms with Crippen molar-refractivity contribution >= 4 is 15.9 Å². The van der Waals surface area contributed by atoms with Crippen LogP contribution in [0.25, 0.3) is 0 Å². The van der Waals surface area contributed by atoms with E-state index in [1.165, 1.54) is 6.07 Å². The molecule has 0 amide bonds. The average molecular weight is 495 g/mol. The van der Waals surface area contributed by atoms with Crippen LogP contribution in [0.3, 0.4) is 0 Å². The highest BCUT2D eigenvalue weighted by Crippen LogP contribution is 2.29. The highest BCUT2D eigenvalue weighted by molar-refractivity contribution is 9.10. The smallest absolute Gasteiger partial charge is 0.231 e. The third-order valence-corrected chi connectivity index (χ3v) is 6.00. The lowest BCUT2D eigenvalue weighted by Gasteiger charge is -2.36. The van der Waals surface area contributed by atoms with E-state index in [4.69, 9.17) is 14.2 Å². The molecule has 4 rings (SSSR count). The first-order valence-corrected chi connectivity index (χ1v) is 11.2. The Morgan fingerprint density at radius 2 is 1.90 bits per heavy atom. The maximum atomic E-state index is 13.8. The third kappa shape index (κ3) is 5.68. The van der Waals surface area contributed by atoms with Crippen LogP contribution in [-0.2, 0) is 9.47 Å². The van der Waals surface area contributed by atoms with Gasteiger partial charge in [-0.05, 0) is 46.8 Å². The van der Waals surface area contributed by atoms with Gasteiger partial charge in [0.2, 0.25) is 5.88 Å². The van der Waals surface area contributed by atoms with Crippen molar-refractivity contribution in [2.45, 2.75) is 19.3 Å². The van der Waals surface area contributed by atoms with Crippen molar-refractivity contribution in [2.75, 3.05) is 39.3 Å². The predicted octanol–water partition coefficient (Wildman–Crippen LogP) is 5.08. The Morgan fingerprint density at radius 3 is 2.58 bits per heavy atom. The summed E-state index contributed by atoms with van der Waals surface area (Å²) >= 11 is 3.14. The van der Waals surface area contributed by atoms with E-state index in [2.05, 4.69) is 37.9 Å². The number of ether oxygens (including phenoxy) is 3. The molecule has 2 aliphatic heterocycles. The number of allylic oxidation sites excluding steroid dienone is 4. The number of benzene rings is 1. The number of rotatable bonds is 7. The lowest BCUT2D eigenvalue weighted by molar-refractivity contribution is 0.0822. The minimum absolute atomic E-state index is 0.0556. The summed E-state index contributed by atoms with van der Waals surface area (Å²) in [6.07, 6.45) is 12.4. The van der Waals surface area contributed by atoms with Crippen molar-refractivity contribution in [2.24, 2.45) is 0 Å². The molecule has 1 aliphatic carbocycles. The van der Waals surface area contributed by atoms with E-state index < -0.39 is 11.6 Å². The molecule has 0 aromatic heterocycles. The van der Waals surface area contributed by atoms with Gasteiger partial charge in [-0.2, -0.15) is 0 Å². The van der Waals surface area contributed by atoms with Gasteiger partial charge in [0, 0.05) is 38.8 Å². The van der Waals surface area contributed by atoms with Gasteiger partial charge in [0.15, 0.2) is 23.6 Å². The van der Waals surface area contributed by atoms with Gasteiger partial charge in [-0.15, -0.1) is 0 Å². The van der Waals surface area contributed by atoms with Crippen molar-refractivity contribution in [1.82, 2.24) is 9.80 Å². The summed E-state index contributed by atoms with van der Waals surface area (Å²) < 4.78 is 44.4. The monoisotopic (exact) mass is 494 g/mol. The minimum atomic E-state index is -0.697. The molecule has 1 aromatic rings. The van der Waals surface area contributed by atoms with Gasteiger partial charge in [0.1, 0.15) is 12.1 Å². The summed E-state index contributed by atoms with van der Waals surface area (Å²) in [7, 11) is 0. The fourth-order valence-corrected chi connectivity index (χ4v) is 4.24. The van der Waals surface area contributed by atoms with Crippen LogP contribution >= 0.6 is 15.9 Å². The molecular formula is C23H25BrF2N2O3. The van der Waals surface area contributed by atoms with E-state index in [1.807, 2.05) is 6.08 Å². The second-order valence-corrected chi connectivity index (χ2v) is 8.42. The zero-order chi connectivity index (χ0) is 21.6. The molecule has 0 N–H and O–H groups in total. The van der Waals surface area contributed by atoms with E-state index in [9.17, 15) is 8.78 Å². The molecule has 0 radical (unpaired) electrons. The molecule has 2 heterocycles. The molecule has 0 bridgehead atoms. The zero-order valence-corrected chi connectivity index (χ0v) is 18.7. The van der Waals surface area contributed by atoms with Gasteiger partial charge < -0.3 is 19.1 Å². The minimum Gasteiger partial charge on any atom is -0.489 e. The standard InChI is InChI=1S/C23H25BrF2N2O3/c24-19-13-18(25)14-20(26)23(19)29-12-4-7-27-8-10-28(11-9-27)22-16-30-21(15-31-22)17-5-2-1-3-6-17/h1-2,5,13-16H,3-4,6-12H2. The largest absolute Gasteiger partial charge is 0.489 e. The molecule has 5 nitrogen and oxygen atoms in total. The summed E-state index contributed by atoms with van der Waals surface area (Å²) in [5.41, 5.74) is 1.15. The molecule has 0 atom stereocenters. The molecule has 31 heavy (non-hydrogen) atoms. The van der Waals surface area contributed by atoms with Crippen molar-refractivity contribution in [3.63, 3.8) is 0 Å². The Morgan fingerprint density at radius 1 is 1.06 bits per heavy atom. The summed E-state index contributed by atoms with van der Waals surface area (Å²) in [6, 6.07) is 2.02. The second kappa shape index (κ2) is 10.3. The van der Waals surface area contributed by atoms with Crippen LogP contribution in [0.1, 0.15) is 19.3 Å². The van der Waals surface area contributed by atoms with Crippen LogP contribution in [0, 0.1) is 11.6 Å². The van der Waals surface area contributed by atoms with E-state index in [-0.39, 0.29) is 10.2 Å². The highest BCUT2D eigenvalue weighted by Gasteiger charge is 2.22. The fraction of sp³-hybridized carbons (Fsp3) is 0.391. The summed E-state index contributed by atoms with van der Waals surface area (Å²) in [4.78, 5) is 4.50. The second-order valence-electron chi connectivity index (χ2n) is 7.56. The average Bonchev–Trinajstić information content (AvgIpc) is 2.79. The number of nitrogens with zero attached hydrogens (tertiary/aromatic N) is 2. The van der Waals surface area contributed by atoms with E-state index in [0.29, 0.717) is 6.61 Å². The highest BCUT2D eigenvalue weighted by atomic mass is 79.9. The predicted molar refractivity (Wildman–Crippen MR) is 117 cm³/mol. The molecule has 1 saturated heterocycles. The van der Waals surface area contributed by atoms with Gasteiger partial charge >= 0.3 is 0 Å². The van der Waals surface area contributed by atoms with E-state index in [0.717, 1.165) is 75.3 Å². The van der Waals surface area contributed by atoms with Crippen LogP contribution in [0.5, 0.6) is 5.75 Å². The molecule has 8 heteroatoms. The first-order valence-electron chi connectivity index (χ1n) is 10.4. The van der Waals surface area contributed by atoms with Crippen LogP contribution < -0.4 is 4.74 Å². The first kappa shape index (κ1) is 21.9. The van der Waals surface area contributed by atoms with Crippen LogP contribution in [-0.4, -0.2) is 49.1 Å². The van der Waals surface area contributed by atoms with Crippen molar-refractivity contribution in [1.29, 1.82) is 0 Å². The molecule has 1 aromatic carbocycles. The molecule has 1 fully saturated rings. The molecule has 3 aliphatic rings. The van der Waals surface area contributed by atoms with Gasteiger partial charge in [0.25, 0.3) is 0 Å². The van der Waals surface area contributed by atoms with Crippen LogP contribution in [0.2, 0.25) is 0 Å². The number of halogens is 3. The van der Waals surface area contributed by atoms with Crippen LogP contribution in [0.4, 0.5) is 8.78 Å². The quantitative estimate of drug-likeness (QED) is 0.494. The van der Waals surface area contributed by atoms with Crippen molar-refractivity contribution in [3.8, 4) is 5.75 Å². The van der Waals surface area contributed by atoms with Crippen molar-refractivity contribution < 1.29 is 23.0 Å². The summed E-state index contributed by atoms with van der Waals surface area (Å²) in [5.74, 6) is 0.232. The Bertz CT molecular complexity index is 898. The molecule has 166 valence electrons. The fourth-order valence-electron chi connectivity index (χ4n) is 3.71. The van der Waals surface area contributed by atoms with Gasteiger partial charge in [0.05, 0.1) is 11.1 Å². The Labute approximate surface area is 189 Å². The lowest BCUT2D eigenvalue weighted by Crippen LogP contribution is -2.46. The Kier molecular flexibility index (Phi) is 7.29. The molecule has 0 spiro atoms. The zero-order valence-electron chi connectivity index (χ0n) is 17.2. The topological polar surface area (TPSA) is 34.2 Å². The van der Waals surface area contributed by atoms with Gasteiger partial charge in [-0.1, -0.05) is 18.2 Å². The Hall–Kier alpha value is -2.32. The van der Waals surface area contributed by atoms with Gasteiger partial charge in [-0.25, -0.2) is 8.78 Å². The van der Waals surface area contributed by atoms with E-state index >= 15 is 0 Å². The normalized spacial score (nSPS) is 19.2. The third-order valence-electron chi connectivity index (χ3n) is 5.42. The molecule has 0 saturated carbocycles. The molecule has 0 unspecified atom stereocenters. The van der Waals surface area contributed by atoms with Crippen molar-refractivity contribution in [3.05, 3.63) is 76.2 Å². The first-order chi connectivity index (χ1) is 15.1. The number of hydrogen-bond donors (Lipinski definition) is 0. The maximum absolute atomic E-state index is 13.8. The number of piperazine rings is 1. The lowest BCUT2D eigenvalue weighted by atomic mass is 10.0. The van der Waals surface area contributed by atoms with Crippen LogP contribution in [0.15, 0.2) is 64.6 Å². The maximum Gasteiger partial charge on any atom is 0.231 e.